The maximum Gasteiger partial charge on any atom is 0.324 e. The fourth-order valence-corrected chi connectivity index (χ4v) is 4.55. The molecular weight excluding hydrogens is 292 g/mol. The Balaban J connectivity index is 2.30. The van der Waals surface area contributed by atoms with E-state index < -0.39 is 17.4 Å². The van der Waals surface area contributed by atoms with Crippen molar-refractivity contribution in [3.8, 4) is 0 Å². The number of carbonyl (C=O) groups excluding carboxylic acids is 2. The van der Waals surface area contributed by atoms with Gasteiger partial charge in [-0.15, -0.1) is 0 Å². The molecule has 0 aliphatic heterocycles. The second-order valence-corrected chi connectivity index (χ2v) is 6.65. The lowest BCUT2D eigenvalue weighted by Gasteiger charge is -2.33. The molecule has 1 aromatic rings. The summed E-state index contributed by atoms with van der Waals surface area (Å²) < 4.78 is 10.1. The first-order valence-corrected chi connectivity index (χ1v) is 7.89. The number of fused-ring (bicyclic) bond motifs is 4. The minimum Gasteiger partial charge on any atom is -0.468 e. The van der Waals surface area contributed by atoms with Gasteiger partial charge in [0.2, 0.25) is 0 Å². The monoisotopic (exact) mass is 314 g/mol. The van der Waals surface area contributed by atoms with Gasteiger partial charge in [-0.3, -0.25) is 9.59 Å². The molecule has 1 aromatic carbocycles. The molecule has 1 saturated carbocycles. The smallest absolute Gasteiger partial charge is 0.324 e. The zero-order valence-corrected chi connectivity index (χ0v) is 14.0. The van der Waals surface area contributed by atoms with Gasteiger partial charge in [0.15, 0.2) is 5.41 Å². The fraction of sp³-hybridized carbons (Fsp3) is 0.474. The van der Waals surface area contributed by atoms with Crippen LogP contribution in [-0.4, -0.2) is 26.2 Å². The molecule has 2 aliphatic carbocycles. The third kappa shape index (κ3) is 2.04. The lowest BCUT2D eigenvalue weighted by molar-refractivity contribution is -0.169. The van der Waals surface area contributed by atoms with Crippen LogP contribution >= 0.6 is 0 Å². The topological polar surface area (TPSA) is 52.6 Å². The first kappa shape index (κ1) is 15.8. The molecule has 0 N–H and O–H groups in total. The number of allylic oxidation sites excluding steroid dienone is 2. The molecule has 23 heavy (non-hydrogen) atoms. The normalized spacial score (nSPS) is 23.9. The summed E-state index contributed by atoms with van der Waals surface area (Å²) in [4.78, 5) is 25.4. The lowest BCUT2D eigenvalue weighted by Crippen LogP contribution is -2.43. The molecule has 2 bridgehead atoms. The van der Waals surface area contributed by atoms with Gasteiger partial charge in [-0.2, -0.15) is 0 Å². The molecule has 0 spiro atoms. The zero-order chi connectivity index (χ0) is 16.8. The molecule has 2 atom stereocenters. The predicted molar refractivity (Wildman–Crippen MR) is 85.8 cm³/mol. The van der Waals surface area contributed by atoms with Crippen molar-refractivity contribution >= 4 is 11.9 Å². The van der Waals surface area contributed by atoms with Crippen LogP contribution in [-0.2, 0) is 25.5 Å². The van der Waals surface area contributed by atoms with Crippen molar-refractivity contribution in [1.82, 2.24) is 0 Å². The Bertz CT molecular complexity index is 681. The van der Waals surface area contributed by atoms with E-state index in [9.17, 15) is 9.59 Å². The van der Waals surface area contributed by atoms with E-state index in [2.05, 4.69) is 6.07 Å². The van der Waals surface area contributed by atoms with Gasteiger partial charge in [-0.25, -0.2) is 0 Å². The Morgan fingerprint density at radius 2 is 1.70 bits per heavy atom. The van der Waals surface area contributed by atoms with Crippen molar-refractivity contribution in [3.63, 3.8) is 0 Å². The Hall–Kier alpha value is -2.10. The molecule has 0 aromatic heterocycles. The summed E-state index contributed by atoms with van der Waals surface area (Å²) in [5.41, 5.74) is 3.35. The minimum atomic E-state index is -1.27. The van der Waals surface area contributed by atoms with Gasteiger partial charge in [0.1, 0.15) is 0 Å². The molecule has 0 heterocycles. The first-order valence-electron chi connectivity index (χ1n) is 7.89. The highest BCUT2D eigenvalue weighted by atomic mass is 16.5. The second kappa shape index (κ2) is 5.52. The molecule has 2 unspecified atom stereocenters. The number of carbonyl (C=O) groups is 2. The fourth-order valence-electron chi connectivity index (χ4n) is 4.55. The lowest BCUT2D eigenvalue weighted by atomic mass is 9.70. The van der Waals surface area contributed by atoms with Crippen molar-refractivity contribution in [2.24, 2.45) is 11.3 Å². The third-order valence-electron chi connectivity index (χ3n) is 5.32. The molecule has 0 saturated heterocycles. The molecule has 122 valence electrons. The maximum atomic E-state index is 12.7. The molecular formula is C19H22O4. The van der Waals surface area contributed by atoms with Gasteiger partial charge >= 0.3 is 11.9 Å². The summed E-state index contributed by atoms with van der Waals surface area (Å²) in [5, 5.41) is 0. The maximum absolute atomic E-state index is 12.7. The first-order chi connectivity index (χ1) is 11.0. The summed E-state index contributed by atoms with van der Waals surface area (Å²) in [6.07, 6.45) is 1.30. The van der Waals surface area contributed by atoms with E-state index in [0.717, 1.165) is 12.0 Å². The average Bonchev–Trinajstić information content (AvgIpc) is 2.82. The number of benzene rings is 1. The van der Waals surface area contributed by atoms with Crippen LogP contribution in [0.3, 0.4) is 0 Å². The van der Waals surface area contributed by atoms with Gasteiger partial charge in [0.25, 0.3) is 0 Å². The van der Waals surface area contributed by atoms with Crippen LogP contribution in [0.5, 0.6) is 0 Å². The molecule has 0 amide bonds. The van der Waals surface area contributed by atoms with Crippen LogP contribution < -0.4 is 0 Å². The van der Waals surface area contributed by atoms with E-state index in [1.54, 1.807) is 0 Å². The molecule has 2 aliphatic rings. The van der Waals surface area contributed by atoms with Gasteiger partial charge < -0.3 is 9.47 Å². The van der Waals surface area contributed by atoms with Crippen LogP contribution in [0.1, 0.15) is 37.3 Å². The summed E-state index contributed by atoms with van der Waals surface area (Å²) in [5.74, 6) is -1.10. The number of rotatable bonds is 2. The Labute approximate surface area is 136 Å². The number of hydrogen-bond donors (Lipinski definition) is 0. The van der Waals surface area contributed by atoms with Gasteiger partial charge in [0, 0.05) is 5.92 Å². The molecule has 4 heteroatoms. The second-order valence-electron chi connectivity index (χ2n) is 6.65. The summed E-state index contributed by atoms with van der Waals surface area (Å²) in [7, 11) is 2.67. The highest BCUT2D eigenvalue weighted by molar-refractivity contribution is 6.03. The van der Waals surface area contributed by atoms with Gasteiger partial charge in [-0.05, 0) is 43.7 Å². The Kier molecular flexibility index (Phi) is 3.78. The number of hydrogen-bond acceptors (Lipinski definition) is 4. The van der Waals surface area contributed by atoms with Crippen molar-refractivity contribution in [2.45, 2.75) is 32.6 Å². The van der Waals surface area contributed by atoms with E-state index in [1.807, 2.05) is 32.0 Å². The van der Waals surface area contributed by atoms with E-state index >= 15 is 0 Å². The summed E-state index contributed by atoms with van der Waals surface area (Å²) >= 11 is 0. The van der Waals surface area contributed by atoms with Crippen LogP contribution in [0.25, 0.3) is 0 Å². The van der Waals surface area contributed by atoms with Gasteiger partial charge in [0.05, 0.1) is 14.2 Å². The third-order valence-corrected chi connectivity index (χ3v) is 5.32. The van der Waals surface area contributed by atoms with Crippen molar-refractivity contribution in [1.29, 1.82) is 0 Å². The van der Waals surface area contributed by atoms with Crippen LogP contribution in [0.15, 0.2) is 35.4 Å². The van der Waals surface area contributed by atoms with E-state index in [1.165, 1.54) is 30.9 Å². The Morgan fingerprint density at radius 1 is 1.09 bits per heavy atom. The largest absolute Gasteiger partial charge is 0.468 e. The predicted octanol–water partition coefficient (Wildman–Crippen LogP) is 3.02. The number of esters is 2. The van der Waals surface area contributed by atoms with Crippen molar-refractivity contribution in [3.05, 3.63) is 46.5 Å². The number of methoxy groups -OCH3 is 2. The molecule has 1 fully saturated rings. The standard InChI is InChI=1S/C19H22O4/c1-11(2)15-13-9-12-7-5-6-8-14(12)16(15)19(10-13,17(20)22-3)18(21)23-4/h5-8,13,16H,9-10H2,1-4H3. The van der Waals surface area contributed by atoms with E-state index in [4.69, 9.17) is 9.47 Å². The number of ether oxygens (including phenoxy) is 2. The minimum absolute atomic E-state index is 0.179. The van der Waals surface area contributed by atoms with Crippen molar-refractivity contribution < 1.29 is 19.1 Å². The zero-order valence-electron chi connectivity index (χ0n) is 14.0. The van der Waals surface area contributed by atoms with Crippen LogP contribution in [0, 0.1) is 11.3 Å². The highest BCUT2D eigenvalue weighted by Gasteiger charge is 2.64. The molecule has 0 radical (unpaired) electrons. The SMILES string of the molecule is COC(=O)C1(C(=O)OC)CC2Cc3ccccc3C1C2=C(C)C. The van der Waals surface area contributed by atoms with Crippen LogP contribution in [0.2, 0.25) is 0 Å². The molecule has 4 nitrogen and oxygen atoms in total. The van der Waals surface area contributed by atoms with Gasteiger partial charge in [-0.1, -0.05) is 35.4 Å². The quantitative estimate of drug-likeness (QED) is 0.478. The summed E-state index contributed by atoms with van der Waals surface area (Å²) in [6.45, 7) is 4.10. The summed E-state index contributed by atoms with van der Waals surface area (Å²) in [6, 6.07) is 8.07. The Morgan fingerprint density at radius 3 is 2.26 bits per heavy atom. The average molecular weight is 314 g/mol. The van der Waals surface area contributed by atoms with E-state index in [0.29, 0.717) is 6.42 Å². The highest BCUT2D eigenvalue weighted by Crippen LogP contribution is 2.61. The van der Waals surface area contributed by atoms with Crippen molar-refractivity contribution in [2.75, 3.05) is 14.2 Å². The van der Waals surface area contributed by atoms with E-state index in [-0.39, 0.29) is 11.8 Å². The van der Waals surface area contributed by atoms with Crippen LogP contribution in [0.4, 0.5) is 0 Å². The molecule has 3 rings (SSSR count).